The number of halogens is 1. The van der Waals surface area contributed by atoms with Gasteiger partial charge in [0.05, 0.1) is 30.3 Å². The fraction of sp³-hybridized carbons (Fsp3) is 0.154. The summed E-state index contributed by atoms with van der Waals surface area (Å²) in [4.78, 5) is 8.12. The normalized spacial score (nSPS) is 9.74. The molecule has 0 amide bonds. The molecule has 6 heteroatoms. The summed E-state index contributed by atoms with van der Waals surface area (Å²) < 4.78 is 11.2. The Hall–Kier alpha value is -2.13. The van der Waals surface area contributed by atoms with E-state index in [4.69, 9.17) is 14.7 Å². The smallest absolute Gasteiger partial charge is 0.325 e. The minimum absolute atomic E-state index is 0.202. The molecule has 0 N–H and O–H groups in total. The molecule has 0 bridgehead atoms. The zero-order valence-electron chi connectivity index (χ0n) is 10.1. The summed E-state index contributed by atoms with van der Waals surface area (Å²) >= 11 is 3.27. The highest BCUT2D eigenvalue weighted by Gasteiger charge is 2.07. The van der Waals surface area contributed by atoms with Crippen LogP contribution in [0.1, 0.15) is 5.56 Å². The molecule has 5 nitrogen and oxygen atoms in total. The van der Waals surface area contributed by atoms with E-state index in [-0.39, 0.29) is 6.01 Å². The third kappa shape index (κ3) is 3.42. The number of aromatic nitrogens is 2. The summed E-state index contributed by atoms with van der Waals surface area (Å²) in [5.41, 5.74) is 0.934. The summed E-state index contributed by atoms with van der Waals surface area (Å²) in [5, 5.41) is 8.59. The minimum Gasteiger partial charge on any atom is -0.480 e. The molecule has 2 rings (SSSR count). The van der Waals surface area contributed by atoms with Crippen LogP contribution in [-0.4, -0.2) is 17.1 Å². The average Bonchev–Trinajstić information content (AvgIpc) is 2.43. The lowest BCUT2D eigenvalue weighted by Crippen LogP contribution is -1.95. The molecule has 0 unspecified atom stereocenters. The molecule has 0 saturated carbocycles. The molecule has 0 fully saturated rings. The van der Waals surface area contributed by atoms with Gasteiger partial charge in [-0.05, 0) is 33.6 Å². The van der Waals surface area contributed by atoms with Crippen molar-refractivity contribution in [2.75, 3.05) is 7.11 Å². The van der Waals surface area contributed by atoms with Crippen molar-refractivity contribution in [3.8, 4) is 23.7 Å². The Balaban J connectivity index is 2.14. The van der Waals surface area contributed by atoms with Crippen LogP contribution in [0.4, 0.5) is 0 Å². The second-order valence-corrected chi connectivity index (χ2v) is 4.45. The van der Waals surface area contributed by atoms with Crippen LogP contribution in [0.2, 0.25) is 0 Å². The Morgan fingerprint density at radius 1 is 1.32 bits per heavy atom. The predicted molar refractivity (Wildman–Crippen MR) is 72.1 cm³/mol. The predicted octanol–water partition coefficient (Wildman–Crippen LogP) is 3.11. The lowest BCUT2D eigenvalue weighted by atomic mass is 10.2. The van der Waals surface area contributed by atoms with E-state index in [1.807, 2.05) is 12.1 Å². The number of nitrogens with zero attached hydrogens (tertiary/aromatic N) is 3. The van der Waals surface area contributed by atoms with Crippen molar-refractivity contribution in [1.29, 1.82) is 5.26 Å². The average molecular weight is 320 g/mol. The summed E-state index contributed by atoms with van der Waals surface area (Å²) in [5.74, 6) is 1.01. The maximum Gasteiger partial charge on any atom is 0.325 e. The van der Waals surface area contributed by atoms with Crippen LogP contribution in [-0.2, 0) is 6.42 Å². The quantitative estimate of drug-likeness (QED) is 0.866. The minimum atomic E-state index is 0.202. The molecule has 0 saturated heterocycles. The van der Waals surface area contributed by atoms with Gasteiger partial charge < -0.3 is 9.47 Å². The van der Waals surface area contributed by atoms with Crippen molar-refractivity contribution in [2.45, 2.75) is 6.42 Å². The SMILES string of the molecule is COc1nc(Oc2ccc(CC#N)cc2)ncc1Br. The van der Waals surface area contributed by atoms with Gasteiger partial charge in [0.2, 0.25) is 5.88 Å². The molecule has 0 aliphatic carbocycles. The van der Waals surface area contributed by atoms with Crippen molar-refractivity contribution in [1.82, 2.24) is 9.97 Å². The van der Waals surface area contributed by atoms with Gasteiger partial charge in [0.1, 0.15) is 5.75 Å². The van der Waals surface area contributed by atoms with Crippen LogP contribution in [0.5, 0.6) is 17.6 Å². The number of hydrogen-bond acceptors (Lipinski definition) is 5. The molecular weight excluding hydrogens is 310 g/mol. The Kier molecular flexibility index (Phi) is 4.31. The van der Waals surface area contributed by atoms with Gasteiger partial charge in [0.15, 0.2) is 0 Å². The molecule has 1 aromatic heterocycles. The largest absolute Gasteiger partial charge is 0.480 e. The van der Waals surface area contributed by atoms with Crippen LogP contribution in [0.25, 0.3) is 0 Å². The lowest BCUT2D eigenvalue weighted by molar-refractivity contribution is 0.373. The number of rotatable bonds is 4. The van der Waals surface area contributed by atoms with Gasteiger partial charge in [0, 0.05) is 0 Å². The van der Waals surface area contributed by atoms with E-state index in [0.717, 1.165) is 5.56 Å². The van der Waals surface area contributed by atoms with Crippen molar-refractivity contribution >= 4 is 15.9 Å². The molecule has 2 aromatic rings. The van der Waals surface area contributed by atoms with Crippen LogP contribution in [0, 0.1) is 11.3 Å². The highest BCUT2D eigenvalue weighted by Crippen LogP contribution is 2.25. The van der Waals surface area contributed by atoms with Gasteiger partial charge in [-0.1, -0.05) is 12.1 Å². The van der Waals surface area contributed by atoms with E-state index in [0.29, 0.717) is 22.5 Å². The number of nitriles is 1. The van der Waals surface area contributed by atoms with Gasteiger partial charge in [0.25, 0.3) is 0 Å². The van der Waals surface area contributed by atoms with Crippen molar-refractivity contribution < 1.29 is 9.47 Å². The fourth-order valence-electron chi connectivity index (χ4n) is 1.40. The van der Waals surface area contributed by atoms with Gasteiger partial charge in [-0.25, -0.2) is 4.98 Å². The second-order valence-electron chi connectivity index (χ2n) is 3.59. The molecular formula is C13H10BrN3O2. The number of benzene rings is 1. The van der Waals surface area contributed by atoms with Crippen molar-refractivity contribution in [3.63, 3.8) is 0 Å². The molecule has 1 aromatic carbocycles. The zero-order chi connectivity index (χ0) is 13.7. The molecule has 0 atom stereocenters. The Morgan fingerprint density at radius 2 is 2.05 bits per heavy atom. The molecule has 0 radical (unpaired) electrons. The molecule has 0 aliphatic rings. The van der Waals surface area contributed by atoms with Crippen molar-refractivity contribution in [2.24, 2.45) is 0 Å². The first kappa shape index (κ1) is 13.3. The van der Waals surface area contributed by atoms with E-state index in [9.17, 15) is 0 Å². The maximum atomic E-state index is 8.59. The summed E-state index contributed by atoms with van der Waals surface area (Å²) in [6.45, 7) is 0. The molecule has 19 heavy (non-hydrogen) atoms. The molecule has 0 spiro atoms. The highest BCUT2D eigenvalue weighted by molar-refractivity contribution is 9.10. The van der Waals surface area contributed by atoms with Gasteiger partial charge in [-0.3, -0.25) is 0 Å². The van der Waals surface area contributed by atoms with Crippen LogP contribution in [0.15, 0.2) is 34.9 Å². The zero-order valence-corrected chi connectivity index (χ0v) is 11.7. The van der Waals surface area contributed by atoms with Gasteiger partial charge in [-0.2, -0.15) is 10.2 Å². The van der Waals surface area contributed by atoms with E-state index in [2.05, 4.69) is 32.0 Å². The third-order valence-electron chi connectivity index (χ3n) is 2.30. The second kappa shape index (κ2) is 6.16. The fourth-order valence-corrected chi connectivity index (χ4v) is 1.75. The Morgan fingerprint density at radius 3 is 2.68 bits per heavy atom. The molecule has 1 heterocycles. The van der Waals surface area contributed by atoms with Crippen molar-refractivity contribution in [3.05, 3.63) is 40.5 Å². The monoisotopic (exact) mass is 319 g/mol. The molecule has 96 valence electrons. The van der Waals surface area contributed by atoms with Crippen LogP contribution >= 0.6 is 15.9 Å². The highest BCUT2D eigenvalue weighted by atomic mass is 79.9. The topological polar surface area (TPSA) is 68.0 Å². The van der Waals surface area contributed by atoms with E-state index >= 15 is 0 Å². The molecule has 0 aliphatic heterocycles. The number of methoxy groups -OCH3 is 1. The number of hydrogen-bond donors (Lipinski definition) is 0. The summed E-state index contributed by atoms with van der Waals surface area (Å²) in [6.07, 6.45) is 1.94. The Bertz CT molecular complexity index is 608. The number of ether oxygens (including phenoxy) is 2. The van der Waals surface area contributed by atoms with E-state index in [1.54, 1.807) is 18.3 Å². The van der Waals surface area contributed by atoms with Crippen LogP contribution in [0.3, 0.4) is 0 Å². The van der Waals surface area contributed by atoms with Gasteiger partial charge >= 0.3 is 6.01 Å². The maximum absolute atomic E-state index is 8.59. The standard InChI is InChI=1S/C13H10BrN3O2/c1-18-12-11(14)8-16-13(17-12)19-10-4-2-9(3-5-10)6-7-15/h2-5,8H,6H2,1H3. The summed E-state index contributed by atoms with van der Waals surface area (Å²) in [6, 6.07) is 9.48. The van der Waals surface area contributed by atoms with E-state index in [1.165, 1.54) is 7.11 Å². The first-order valence-corrected chi connectivity index (χ1v) is 6.22. The summed E-state index contributed by atoms with van der Waals surface area (Å²) in [7, 11) is 1.52. The third-order valence-corrected chi connectivity index (χ3v) is 2.84. The van der Waals surface area contributed by atoms with E-state index < -0.39 is 0 Å². The first-order chi connectivity index (χ1) is 9.22. The van der Waals surface area contributed by atoms with Gasteiger partial charge in [-0.15, -0.1) is 0 Å². The Labute approximate surface area is 119 Å². The van der Waals surface area contributed by atoms with Crippen LogP contribution < -0.4 is 9.47 Å². The first-order valence-electron chi connectivity index (χ1n) is 5.43. The lowest BCUT2D eigenvalue weighted by Gasteiger charge is -2.06.